The minimum Gasteiger partial charge on any atom is -0.394 e. The van der Waals surface area contributed by atoms with Gasteiger partial charge in [-0.2, -0.15) is 0 Å². The third-order valence-corrected chi connectivity index (χ3v) is 3.95. The maximum absolute atomic E-state index is 10.1. The van der Waals surface area contributed by atoms with Gasteiger partial charge < -0.3 is 20.4 Å². The Balaban J connectivity index is 1.97. The van der Waals surface area contributed by atoms with Crippen molar-refractivity contribution >= 4 is 0 Å². The average molecular weight is 394 g/mol. The summed E-state index contributed by atoms with van der Waals surface area (Å²) in [6.45, 7) is -1.20. The summed E-state index contributed by atoms with van der Waals surface area (Å²) < 4.78 is 0. The van der Waals surface area contributed by atoms with Gasteiger partial charge in [0.2, 0.25) is 0 Å². The van der Waals surface area contributed by atoms with Crippen LogP contribution in [-0.4, -0.2) is 58.1 Å². The molecule has 0 bridgehead atoms. The van der Waals surface area contributed by atoms with Gasteiger partial charge in [0.1, 0.15) is 25.4 Å². The highest BCUT2D eigenvalue weighted by Gasteiger charge is 2.37. The van der Waals surface area contributed by atoms with Gasteiger partial charge >= 0.3 is 0 Å². The van der Waals surface area contributed by atoms with Crippen molar-refractivity contribution in [1.29, 1.82) is 0 Å². The Morgan fingerprint density at radius 2 is 0.964 bits per heavy atom. The van der Waals surface area contributed by atoms with Crippen LogP contribution in [0.1, 0.15) is 11.1 Å². The quantitative estimate of drug-likeness (QED) is 0.290. The first-order valence-corrected chi connectivity index (χ1v) is 8.88. The maximum Gasteiger partial charge on any atom is 0.153 e. The van der Waals surface area contributed by atoms with Crippen LogP contribution in [-0.2, 0) is 32.8 Å². The number of hydrogen-bond donors (Lipinski definition) is 4. The zero-order chi connectivity index (χ0) is 20.2. The largest absolute Gasteiger partial charge is 0.394 e. The zero-order valence-electron chi connectivity index (χ0n) is 15.3. The van der Waals surface area contributed by atoms with E-state index in [0.29, 0.717) is 0 Å². The van der Waals surface area contributed by atoms with Crippen molar-refractivity contribution in [2.75, 3.05) is 13.2 Å². The van der Waals surface area contributed by atoms with Gasteiger partial charge in [-0.15, -0.1) is 0 Å². The van der Waals surface area contributed by atoms with E-state index in [2.05, 4.69) is 0 Å². The summed E-state index contributed by atoms with van der Waals surface area (Å²) in [6.07, 6.45) is -5.51. The molecule has 0 aliphatic rings. The standard InChI is InChI=1S/C20H26O8/c21-11-17(23)19(27-25-13-15-7-3-1-4-8-15)20(18(24)12-22)28-26-14-16-9-5-2-6-10-16/h1-10,17-24H,11-14H2/t17-,18-,19-,20-/m1/s1. The smallest absolute Gasteiger partial charge is 0.153 e. The van der Waals surface area contributed by atoms with Gasteiger partial charge in [-0.25, -0.2) is 19.6 Å². The second kappa shape index (κ2) is 12.6. The fourth-order valence-electron chi connectivity index (χ4n) is 2.39. The minimum atomic E-state index is -1.44. The van der Waals surface area contributed by atoms with Crippen LogP contribution >= 0.6 is 0 Å². The van der Waals surface area contributed by atoms with Crippen molar-refractivity contribution in [3.05, 3.63) is 71.8 Å². The van der Waals surface area contributed by atoms with E-state index in [-0.39, 0.29) is 13.2 Å². The Morgan fingerprint density at radius 3 is 1.29 bits per heavy atom. The van der Waals surface area contributed by atoms with Crippen LogP contribution in [0, 0.1) is 0 Å². The number of rotatable bonds is 13. The molecule has 0 aliphatic carbocycles. The fourth-order valence-corrected chi connectivity index (χ4v) is 2.39. The molecular weight excluding hydrogens is 368 g/mol. The summed E-state index contributed by atoms with van der Waals surface area (Å²) in [5, 5.41) is 38.7. The van der Waals surface area contributed by atoms with Crippen LogP contribution in [0.15, 0.2) is 60.7 Å². The molecule has 0 aliphatic heterocycles. The Hall–Kier alpha value is -1.88. The molecule has 0 fully saturated rings. The van der Waals surface area contributed by atoms with Crippen LogP contribution in [0.2, 0.25) is 0 Å². The highest BCUT2D eigenvalue weighted by atomic mass is 17.2. The van der Waals surface area contributed by atoms with Gasteiger partial charge in [0, 0.05) is 0 Å². The lowest BCUT2D eigenvalue weighted by molar-refractivity contribution is -0.418. The molecule has 0 aromatic heterocycles. The Labute approximate surface area is 163 Å². The van der Waals surface area contributed by atoms with Crippen molar-refractivity contribution in [2.24, 2.45) is 0 Å². The Kier molecular flexibility index (Phi) is 10.0. The number of aliphatic hydroxyl groups is 4. The molecule has 0 unspecified atom stereocenters. The topological polar surface area (TPSA) is 118 Å². The summed E-state index contributed by atoms with van der Waals surface area (Å²) in [6, 6.07) is 18.3. The van der Waals surface area contributed by atoms with E-state index in [1.54, 1.807) is 0 Å². The molecule has 0 spiro atoms. The first-order valence-electron chi connectivity index (χ1n) is 8.88. The predicted molar refractivity (Wildman–Crippen MR) is 98.4 cm³/mol. The van der Waals surface area contributed by atoms with Crippen molar-refractivity contribution in [2.45, 2.75) is 37.6 Å². The SMILES string of the molecule is OC[C@@H](O)[C@@H](OOCc1ccccc1)[C@H](OOCc1ccccc1)[C@H](O)CO. The Bertz CT molecular complexity index is 582. The Morgan fingerprint density at radius 1 is 0.607 bits per heavy atom. The third-order valence-electron chi connectivity index (χ3n) is 3.95. The highest BCUT2D eigenvalue weighted by Crippen LogP contribution is 2.16. The van der Waals surface area contributed by atoms with Crippen LogP contribution in [0.4, 0.5) is 0 Å². The molecule has 0 saturated carbocycles. The minimum absolute atomic E-state index is 0.0717. The molecule has 28 heavy (non-hydrogen) atoms. The molecular formula is C20H26O8. The lowest BCUT2D eigenvalue weighted by atomic mass is 10.0. The summed E-state index contributed by atoms with van der Waals surface area (Å²) in [5.41, 5.74) is 1.64. The van der Waals surface area contributed by atoms with Gasteiger partial charge in [0.05, 0.1) is 13.2 Å². The van der Waals surface area contributed by atoms with Gasteiger partial charge in [-0.1, -0.05) is 60.7 Å². The van der Waals surface area contributed by atoms with Crippen LogP contribution in [0.5, 0.6) is 0 Å². The monoisotopic (exact) mass is 394 g/mol. The van der Waals surface area contributed by atoms with Crippen LogP contribution in [0.25, 0.3) is 0 Å². The highest BCUT2D eigenvalue weighted by molar-refractivity contribution is 5.13. The normalized spacial score (nSPS) is 15.7. The summed E-state index contributed by atoms with van der Waals surface area (Å²) in [5.74, 6) is 0. The number of aliphatic hydroxyl groups excluding tert-OH is 4. The van der Waals surface area contributed by atoms with Crippen molar-refractivity contribution in [1.82, 2.24) is 0 Å². The first-order chi connectivity index (χ1) is 13.7. The van der Waals surface area contributed by atoms with Crippen LogP contribution < -0.4 is 0 Å². The predicted octanol–water partition coefficient (Wildman–Crippen LogP) is 0.727. The van der Waals surface area contributed by atoms with Gasteiger partial charge in [0.15, 0.2) is 12.2 Å². The molecule has 0 radical (unpaired) electrons. The lowest BCUT2D eigenvalue weighted by Crippen LogP contribution is -2.50. The molecule has 4 atom stereocenters. The zero-order valence-corrected chi connectivity index (χ0v) is 15.3. The third kappa shape index (κ3) is 7.27. The van der Waals surface area contributed by atoms with Crippen molar-refractivity contribution in [3.8, 4) is 0 Å². The summed E-state index contributed by atoms with van der Waals surface area (Å²) in [7, 11) is 0. The molecule has 8 nitrogen and oxygen atoms in total. The number of hydrogen-bond acceptors (Lipinski definition) is 8. The summed E-state index contributed by atoms with van der Waals surface area (Å²) >= 11 is 0. The van der Waals surface area contributed by atoms with E-state index in [1.807, 2.05) is 60.7 Å². The second-order valence-corrected chi connectivity index (χ2v) is 6.12. The number of benzene rings is 2. The van der Waals surface area contributed by atoms with E-state index in [9.17, 15) is 20.4 Å². The molecule has 4 N–H and O–H groups in total. The molecule has 8 heteroatoms. The van der Waals surface area contributed by atoms with Crippen molar-refractivity contribution in [3.63, 3.8) is 0 Å². The van der Waals surface area contributed by atoms with E-state index in [4.69, 9.17) is 19.6 Å². The van der Waals surface area contributed by atoms with E-state index >= 15 is 0 Å². The summed E-state index contributed by atoms with van der Waals surface area (Å²) in [4.78, 5) is 20.7. The van der Waals surface area contributed by atoms with E-state index < -0.39 is 37.6 Å². The molecule has 0 amide bonds. The van der Waals surface area contributed by atoms with E-state index in [1.165, 1.54) is 0 Å². The van der Waals surface area contributed by atoms with Gasteiger partial charge in [0.25, 0.3) is 0 Å². The van der Waals surface area contributed by atoms with Gasteiger partial charge in [-0.05, 0) is 11.1 Å². The molecule has 0 saturated heterocycles. The van der Waals surface area contributed by atoms with Gasteiger partial charge in [-0.3, -0.25) is 0 Å². The molecule has 154 valence electrons. The lowest BCUT2D eigenvalue weighted by Gasteiger charge is -2.30. The maximum atomic E-state index is 10.1. The molecule has 2 aromatic carbocycles. The fraction of sp³-hybridized carbons (Fsp3) is 0.400. The average Bonchev–Trinajstić information content (AvgIpc) is 2.75. The van der Waals surface area contributed by atoms with Crippen molar-refractivity contribution < 1.29 is 40.0 Å². The molecule has 2 aromatic rings. The van der Waals surface area contributed by atoms with E-state index in [0.717, 1.165) is 11.1 Å². The second-order valence-electron chi connectivity index (χ2n) is 6.12. The molecule has 0 heterocycles. The van der Waals surface area contributed by atoms with Crippen LogP contribution in [0.3, 0.4) is 0 Å². The first kappa shape index (κ1) is 22.4. The molecule has 2 rings (SSSR count).